The number of benzene rings is 1. The van der Waals surface area contributed by atoms with Crippen molar-refractivity contribution in [1.82, 2.24) is 20.3 Å². The highest BCUT2D eigenvalue weighted by atomic mass is 16.1. The van der Waals surface area contributed by atoms with Gasteiger partial charge in [-0.25, -0.2) is 15.0 Å². The van der Waals surface area contributed by atoms with Gasteiger partial charge in [-0.05, 0) is 42.8 Å². The van der Waals surface area contributed by atoms with Gasteiger partial charge in [-0.3, -0.25) is 4.79 Å². The van der Waals surface area contributed by atoms with E-state index in [4.69, 9.17) is 5.26 Å². The first-order valence-corrected chi connectivity index (χ1v) is 8.68. The number of nitrogens with zero attached hydrogens (tertiary/aromatic N) is 4. The van der Waals surface area contributed by atoms with Crippen LogP contribution in [0.25, 0.3) is 0 Å². The van der Waals surface area contributed by atoms with Crippen LogP contribution >= 0.6 is 0 Å². The Hall–Kier alpha value is -3.99. The molecular formula is C20H19N7O. The molecule has 0 fully saturated rings. The summed E-state index contributed by atoms with van der Waals surface area (Å²) in [5.74, 6) is 1.73. The summed E-state index contributed by atoms with van der Waals surface area (Å²) in [7, 11) is 0. The number of carbonyl (C=O) groups is 1. The highest BCUT2D eigenvalue weighted by molar-refractivity contribution is 5.94. The SMILES string of the molecule is Cc1ccnc(Nc2cc(NCCNC(=O)c3cccc(C#N)c3)ncn2)c1. The van der Waals surface area contributed by atoms with Gasteiger partial charge in [-0.2, -0.15) is 5.26 Å². The first-order chi connectivity index (χ1) is 13.6. The van der Waals surface area contributed by atoms with Gasteiger partial charge in [0.15, 0.2) is 0 Å². The van der Waals surface area contributed by atoms with Crippen LogP contribution in [0.15, 0.2) is 55.0 Å². The molecule has 0 aliphatic carbocycles. The molecule has 8 nitrogen and oxygen atoms in total. The maximum atomic E-state index is 12.1. The lowest BCUT2D eigenvalue weighted by atomic mass is 10.1. The third kappa shape index (κ3) is 5.25. The van der Waals surface area contributed by atoms with E-state index in [9.17, 15) is 4.79 Å². The number of rotatable bonds is 7. The molecule has 3 aromatic rings. The monoisotopic (exact) mass is 373 g/mol. The molecule has 3 N–H and O–H groups in total. The van der Waals surface area contributed by atoms with E-state index >= 15 is 0 Å². The van der Waals surface area contributed by atoms with E-state index in [1.54, 1.807) is 36.5 Å². The van der Waals surface area contributed by atoms with Crippen molar-refractivity contribution in [3.8, 4) is 6.07 Å². The van der Waals surface area contributed by atoms with Crippen LogP contribution in [0, 0.1) is 18.3 Å². The zero-order valence-electron chi connectivity index (χ0n) is 15.3. The molecule has 0 atom stereocenters. The first-order valence-electron chi connectivity index (χ1n) is 8.68. The summed E-state index contributed by atoms with van der Waals surface area (Å²) in [6, 6.07) is 14.2. The molecule has 2 aromatic heterocycles. The molecule has 0 aliphatic rings. The number of carbonyl (C=O) groups excluding carboxylic acids is 1. The second-order valence-corrected chi connectivity index (χ2v) is 6.01. The molecule has 0 saturated carbocycles. The number of hydrogen-bond donors (Lipinski definition) is 3. The normalized spacial score (nSPS) is 10.0. The lowest BCUT2D eigenvalue weighted by molar-refractivity contribution is 0.0955. The molecule has 0 unspecified atom stereocenters. The lowest BCUT2D eigenvalue weighted by Gasteiger charge is -2.09. The lowest BCUT2D eigenvalue weighted by Crippen LogP contribution is -2.28. The van der Waals surface area contributed by atoms with Gasteiger partial charge in [-0.15, -0.1) is 0 Å². The van der Waals surface area contributed by atoms with Gasteiger partial charge in [-0.1, -0.05) is 6.07 Å². The van der Waals surface area contributed by atoms with Crippen LogP contribution in [0.2, 0.25) is 0 Å². The maximum Gasteiger partial charge on any atom is 0.251 e. The van der Waals surface area contributed by atoms with Gasteiger partial charge < -0.3 is 16.0 Å². The second-order valence-electron chi connectivity index (χ2n) is 6.01. The Labute approximate surface area is 162 Å². The van der Waals surface area contributed by atoms with Crippen LogP contribution in [0.5, 0.6) is 0 Å². The smallest absolute Gasteiger partial charge is 0.251 e. The Kier molecular flexibility index (Phi) is 6.10. The number of hydrogen-bond acceptors (Lipinski definition) is 7. The standard InChI is InChI=1S/C20H19N7O/c1-14-5-6-22-18(9-14)27-19-11-17(25-13-26-19)23-7-8-24-20(28)16-4-2-3-15(10-16)12-21/h2-6,9-11,13H,7-8H2,1H3,(H,24,28)(H2,22,23,25,26,27). The van der Waals surface area contributed by atoms with Crippen molar-refractivity contribution in [3.63, 3.8) is 0 Å². The van der Waals surface area contributed by atoms with Gasteiger partial charge in [0.05, 0.1) is 11.6 Å². The summed E-state index contributed by atoms with van der Waals surface area (Å²) < 4.78 is 0. The van der Waals surface area contributed by atoms with Crippen molar-refractivity contribution in [2.75, 3.05) is 23.7 Å². The van der Waals surface area contributed by atoms with E-state index in [-0.39, 0.29) is 5.91 Å². The maximum absolute atomic E-state index is 12.1. The van der Waals surface area contributed by atoms with Crippen molar-refractivity contribution < 1.29 is 4.79 Å². The predicted molar refractivity (Wildman–Crippen MR) is 106 cm³/mol. The molecule has 140 valence electrons. The summed E-state index contributed by atoms with van der Waals surface area (Å²) in [5.41, 5.74) is 2.01. The van der Waals surface area contributed by atoms with E-state index in [2.05, 4.69) is 30.9 Å². The number of nitriles is 1. The van der Waals surface area contributed by atoms with Crippen LogP contribution < -0.4 is 16.0 Å². The number of aromatic nitrogens is 3. The van der Waals surface area contributed by atoms with E-state index in [1.807, 2.05) is 25.1 Å². The summed E-state index contributed by atoms with van der Waals surface area (Å²) >= 11 is 0. The molecule has 0 bridgehead atoms. The summed E-state index contributed by atoms with van der Waals surface area (Å²) in [4.78, 5) is 24.7. The average Bonchev–Trinajstić information content (AvgIpc) is 2.71. The highest BCUT2D eigenvalue weighted by Crippen LogP contribution is 2.14. The van der Waals surface area contributed by atoms with Crippen LogP contribution in [0.1, 0.15) is 21.5 Å². The number of nitrogens with one attached hydrogen (secondary N) is 3. The molecule has 28 heavy (non-hydrogen) atoms. The highest BCUT2D eigenvalue weighted by Gasteiger charge is 2.06. The fraction of sp³-hybridized carbons (Fsp3) is 0.150. The molecule has 1 amide bonds. The molecule has 1 aromatic carbocycles. The fourth-order valence-corrected chi connectivity index (χ4v) is 2.46. The minimum atomic E-state index is -0.227. The minimum Gasteiger partial charge on any atom is -0.368 e. The van der Waals surface area contributed by atoms with Crippen molar-refractivity contribution in [2.24, 2.45) is 0 Å². The van der Waals surface area contributed by atoms with Crippen LogP contribution in [-0.2, 0) is 0 Å². The Bertz CT molecular complexity index is 1010. The molecular weight excluding hydrogens is 354 g/mol. The number of amides is 1. The second kappa shape index (κ2) is 9.09. The molecule has 3 rings (SSSR count). The molecule has 0 saturated heterocycles. The Morgan fingerprint density at radius 3 is 2.68 bits per heavy atom. The number of pyridine rings is 1. The average molecular weight is 373 g/mol. The third-order valence-corrected chi connectivity index (χ3v) is 3.81. The molecule has 2 heterocycles. The van der Waals surface area contributed by atoms with E-state index < -0.39 is 0 Å². The Morgan fingerprint density at radius 2 is 1.86 bits per heavy atom. The van der Waals surface area contributed by atoms with E-state index in [0.717, 1.165) is 5.56 Å². The van der Waals surface area contributed by atoms with Crippen LogP contribution in [0.4, 0.5) is 17.5 Å². The van der Waals surface area contributed by atoms with Crippen LogP contribution in [-0.4, -0.2) is 33.9 Å². The Balaban J connectivity index is 1.50. The molecule has 0 aliphatic heterocycles. The molecule has 8 heteroatoms. The van der Waals surface area contributed by atoms with Gasteiger partial charge in [0.2, 0.25) is 0 Å². The van der Waals surface area contributed by atoms with E-state index in [1.165, 1.54) is 6.33 Å². The zero-order chi connectivity index (χ0) is 19.8. The summed E-state index contributed by atoms with van der Waals surface area (Å²) in [5, 5.41) is 18.0. The van der Waals surface area contributed by atoms with Crippen molar-refractivity contribution >= 4 is 23.4 Å². The summed E-state index contributed by atoms with van der Waals surface area (Å²) in [6.45, 7) is 2.88. The summed E-state index contributed by atoms with van der Waals surface area (Å²) in [6.07, 6.45) is 3.18. The quantitative estimate of drug-likeness (QED) is 0.545. The van der Waals surface area contributed by atoms with Crippen molar-refractivity contribution in [1.29, 1.82) is 5.26 Å². The largest absolute Gasteiger partial charge is 0.368 e. The van der Waals surface area contributed by atoms with Crippen LogP contribution in [0.3, 0.4) is 0 Å². The number of aryl methyl sites for hydroxylation is 1. The van der Waals surface area contributed by atoms with Crippen molar-refractivity contribution in [3.05, 3.63) is 71.7 Å². The Morgan fingerprint density at radius 1 is 1.04 bits per heavy atom. The minimum absolute atomic E-state index is 0.227. The van der Waals surface area contributed by atoms with Gasteiger partial charge in [0.25, 0.3) is 5.91 Å². The van der Waals surface area contributed by atoms with Gasteiger partial charge in [0.1, 0.15) is 23.8 Å². The fourth-order valence-electron chi connectivity index (χ4n) is 2.46. The molecule has 0 radical (unpaired) electrons. The number of anilines is 3. The molecule has 0 spiro atoms. The van der Waals surface area contributed by atoms with Crippen molar-refractivity contribution in [2.45, 2.75) is 6.92 Å². The van der Waals surface area contributed by atoms with Gasteiger partial charge >= 0.3 is 0 Å². The predicted octanol–water partition coefficient (Wildman–Crippen LogP) is 2.64. The third-order valence-electron chi connectivity index (χ3n) is 3.81. The topological polar surface area (TPSA) is 116 Å². The van der Waals surface area contributed by atoms with Gasteiger partial charge in [0, 0.05) is 30.9 Å². The van der Waals surface area contributed by atoms with E-state index in [0.29, 0.717) is 41.7 Å². The zero-order valence-corrected chi connectivity index (χ0v) is 15.3. The first kappa shape index (κ1) is 18.8.